The number of aromatic hydroxyl groups is 1. The monoisotopic (exact) mass is 381 g/mol. The molecule has 0 spiro atoms. The van der Waals surface area contributed by atoms with E-state index in [1.165, 1.54) is 5.56 Å². The van der Waals surface area contributed by atoms with E-state index in [9.17, 15) is 18.6 Å². The summed E-state index contributed by atoms with van der Waals surface area (Å²) >= 11 is 0. The van der Waals surface area contributed by atoms with Crippen LogP contribution in [-0.4, -0.2) is 30.7 Å². The summed E-state index contributed by atoms with van der Waals surface area (Å²) in [5.41, 5.74) is 1.64. The van der Waals surface area contributed by atoms with Crippen LogP contribution in [0.3, 0.4) is 0 Å². The number of fused-ring (bicyclic) bond motifs is 5. The third-order valence-electron chi connectivity index (χ3n) is 7.57. The Morgan fingerprint density at radius 2 is 1.96 bits per heavy atom. The number of hydrogen-bond acceptors (Lipinski definition) is 5. The van der Waals surface area contributed by atoms with Gasteiger partial charge in [-0.05, 0) is 79.5 Å². The molecular formula is C19H27NO5S. The first-order valence-electron chi connectivity index (χ1n) is 9.27. The van der Waals surface area contributed by atoms with E-state index in [1.54, 1.807) is 13.2 Å². The lowest BCUT2D eigenvalue weighted by Crippen LogP contribution is -2.56. The number of aryl methyl sites for hydroxylation is 1. The number of sulfonamides is 1. The largest absolute Gasteiger partial charge is 0.504 e. The highest BCUT2D eigenvalue weighted by Gasteiger charge is 2.66. The van der Waals surface area contributed by atoms with Gasteiger partial charge in [-0.3, -0.25) is 0 Å². The molecular weight excluding hydrogens is 354 g/mol. The maximum Gasteiger partial charge on any atom is 0.239 e. The second kappa shape index (κ2) is 5.59. The van der Waals surface area contributed by atoms with Crippen molar-refractivity contribution in [3.63, 3.8) is 0 Å². The summed E-state index contributed by atoms with van der Waals surface area (Å²) in [7, 11) is -2.50. The fraction of sp³-hybridized carbons (Fsp3) is 0.684. The van der Waals surface area contributed by atoms with E-state index < -0.39 is 20.4 Å². The van der Waals surface area contributed by atoms with E-state index in [0.717, 1.165) is 24.8 Å². The molecule has 0 bridgehead atoms. The number of phenols is 1. The van der Waals surface area contributed by atoms with Gasteiger partial charge in [0.15, 0.2) is 16.4 Å². The van der Waals surface area contributed by atoms with Crippen LogP contribution in [0.4, 0.5) is 0 Å². The second-order valence-corrected chi connectivity index (χ2v) is 10.2. The maximum absolute atomic E-state index is 12.2. The van der Waals surface area contributed by atoms with Crippen LogP contribution < -0.4 is 9.88 Å². The van der Waals surface area contributed by atoms with Gasteiger partial charge >= 0.3 is 0 Å². The normalized spacial score (nSPS) is 39.0. The van der Waals surface area contributed by atoms with Gasteiger partial charge in [-0.25, -0.2) is 13.6 Å². The van der Waals surface area contributed by atoms with Crippen molar-refractivity contribution in [1.82, 2.24) is 0 Å². The molecule has 0 saturated heterocycles. The van der Waals surface area contributed by atoms with Crippen LogP contribution in [0.5, 0.6) is 11.5 Å². The van der Waals surface area contributed by atoms with Crippen LogP contribution in [0.2, 0.25) is 0 Å². The Bertz CT molecular complexity index is 854. The second-order valence-electron chi connectivity index (χ2n) is 8.46. The van der Waals surface area contributed by atoms with Crippen molar-refractivity contribution in [2.45, 2.75) is 56.3 Å². The molecule has 1 aromatic carbocycles. The Morgan fingerprint density at radius 1 is 1.23 bits per heavy atom. The molecule has 1 aromatic rings. The highest BCUT2D eigenvalue weighted by molar-refractivity contribution is 7.90. The molecule has 2 saturated carbocycles. The van der Waals surface area contributed by atoms with Crippen molar-refractivity contribution >= 4 is 10.0 Å². The molecule has 6 nitrogen and oxygen atoms in total. The first kappa shape index (κ1) is 18.1. The van der Waals surface area contributed by atoms with Crippen LogP contribution in [-0.2, 0) is 16.4 Å². The zero-order valence-electron chi connectivity index (χ0n) is 15.2. The van der Waals surface area contributed by atoms with Gasteiger partial charge in [-0.1, -0.05) is 6.92 Å². The first-order chi connectivity index (χ1) is 12.1. The Balaban J connectivity index is 1.74. The van der Waals surface area contributed by atoms with Gasteiger partial charge in [0.1, 0.15) is 0 Å². The number of rotatable bonds is 2. The quantitative estimate of drug-likeness (QED) is 0.728. The molecule has 2 fully saturated rings. The van der Waals surface area contributed by atoms with Gasteiger partial charge in [-0.2, -0.15) is 0 Å². The summed E-state index contributed by atoms with van der Waals surface area (Å²) in [6.45, 7) is 1.90. The minimum atomic E-state index is -4.04. The van der Waals surface area contributed by atoms with Gasteiger partial charge in [0.2, 0.25) is 10.0 Å². The SMILES string of the molecule is COc1cc2c(cc1O)CC[C@@H]1[C@@H]2CC[C@@]2(C)[C@H]1CC[C@]2(O)S(N)(=O)=O. The molecule has 0 amide bonds. The van der Waals surface area contributed by atoms with Gasteiger partial charge in [0, 0.05) is 5.41 Å². The Morgan fingerprint density at radius 3 is 2.62 bits per heavy atom. The van der Waals surface area contributed by atoms with Crippen molar-refractivity contribution in [3.05, 3.63) is 23.3 Å². The van der Waals surface area contributed by atoms with Crippen LogP contribution in [0.25, 0.3) is 0 Å². The van der Waals surface area contributed by atoms with Gasteiger partial charge in [0.05, 0.1) is 7.11 Å². The van der Waals surface area contributed by atoms with Crippen LogP contribution in [0.1, 0.15) is 56.1 Å². The molecule has 0 aliphatic heterocycles. The van der Waals surface area contributed by atoms with Crippen LogP contribution in [0.15, 0.2) is 12.1 Å². The van der Waals surface area contributed by atoms with E-state index in [4.69, 9.17) is 9.88 Å². The molecule has 4 rings (SSSR count). The molecule has 5 atom stereocenters. The Labute approximate surface area is 154 Å². The van der Waals surface area contributed by atoms with Crippen molar-refractivity contribution in [2.75, 3.05) is 7.11 Å². The first-order valence-corrected chi connectivity index (χ1v) is 10.8. The van der Waals surface area contributed by atoms with E-state index >= 15 is 0 Å². The van der Waals surface area contributed by atoms with Gasteiger partial charge in [0.25, 0.3) is 0 Å². The van der Waals surface area contributed by atoms with E-state index in [0.29, 0.717) is 30.4 Å². The third kappa shape index (κ3) is 2.20. The van der Waals surface area contributed by atoms with Crippen LogP contribution in [0, 0.1) is 17.3 Å². The van der Waals surface area contributed by atoms with Crippen molar-refractivity contribution in [1.29, 1.82) is 0 Å². The van der Waals surface area contributed by atoms with Crippen molar-refractivity contribution in [3.8, 4) is 11.5 Å². The van der Waals surface area contributed by atoms with Crippen LogP contribution >= 0.6 is 0 Å². The third-order valence-corrected chi connectivity index (χ3v) is 9.18. The lowest BCUT2D eigenvalue weighted by molar-refractivity contribution is -0.0494. The summed E-state index contributed by atoms with van der Waals surface area (Å²) in [6.07, 6.45) is 4.08. The molecule has 4 N–H and O–H groups in total. The molecule has 7 heteroatoms. The molecule has 0 radical (unpaired) electrons. The number of hydrogen-bond donors (Lipinski definition) is 3. The zero-order chi connectivity index (χ0) is 18.9. The lowest BCUT2D eigenvalue weighted by Gasteiger charge is -2.52. The summed E-state index contributed by atoms with van der Waals surface area (Å²) in [6, 6.07) is 3.73. The average molecular weight is 381 g/mol. The van der Waals surface area contributed by atoms with E-state index in [-0.39, 0.29) is 18.1 Å². The van der Waals surface area contributed by atoms with E-state index in [2.05, 4.69) is 0 Å². The summed E-state index contributed by atoms with van der Waals surface area (Å²) in [4.78, 5) is -1.83. The fourth-order valence-electron chi connectivity index (χ4n) is 6.19. The molecule has 3 aliphatic carbocycles. The zero-order valence-corrected chi connectivity index (χ0v) is 16.1. The summed E-state index contributed by atoms with van der Waals surface area (Å²) < 4.78 is 29.6. The molecule has 144 valence electrons. The summed E-state index contributed by atoms with van der Waals surface area (Å²) in [5.74, 6) is 1.37. The van der Waals surface area contributed by atoms with Gasteiger partial charge < -0.3 is 14.9 Å². The predicted octanol–water partition coefficient (Wildman–Crippen LogP) is 2.23. The highest BCUT2D eigenvalue weighted by atomic mass is 32.2. The van der Waals surface area contributed by atoms with Crippen molar-refractivity contribution < 1.29 is 23.4 Å². The number of ether oxygens (including phenoxy) is 1. The lowest BCUT2D eigenvalue weighted by atomic mass is 9.55. The maximum atomic E-state index is 12.2. The highest BCUT2D eigenvalue weighted by Crippen LogP contribution is 2.65. The minimum absolute atomic E-state index is 0.123. The summed E-state index contributed by atoms with van der Waals surface area (Å²) in [5, 5.41) is 26.5. The topological polar surface area (TPSA) is 110 Å². The molecule has 0 aromatic heterocycles. The minimum Gasteiger partial charge on any atom is -0.504 e. The molecule has 0 heterocycles. The van der Waals surface area contributed by atoms with Crippen molar-refractivity contribution in [2.24, 2.45) is 22.4 Å². The molecule has 0 unspecified atom stereocenters. The number of aliphatic hydroxyl groups is 1. The number of methoxy groups -OCH3 is 1. The Hall–Kier alpha value is -1.31. The number of nitrogens with two attached hydrogens (primary N) is 1. The fourth-order valence-corrected chi connectivity index (χ4v) is 7.50. The number of primary sulfonamides is 1. The molecule has 3 aliphatic rings. The Kier molecular flexibility index (Phi) is 3.89. The smallest absolute Gasteiger partial charge is 0.239 e. The number of phenolic OH excluding ortho intramolecular Hbond substituents is 1. The number of benzene rings is 1. The van der Waals surface area contributed by atoms with Gasteiger partial charge in [-0.15, -0.1) is 0 Å². The standard InChI is InChI=1S/C19H27NO5S/c1-18-7-5-12-13(15(18)6-8-19(18,22)26(20,23)24)4-3-11-9-16(21)17(25-2)10-14(11)12/h9-10,12-13,15,21-22H,3-8H2,1-2H3,(H2,20,23,24)/t12-,13+,15-,18-,19-/m0/s1. The van der Waals surface area contributed by atoms with E-state index in [1.807, 2.05) is 13.0 Å². The molecule has 26 heavy (non-hydrogen) atoms. The predicted molar refractivity (Wildman–Crippen MR) is 97.3 cm³/mol. The average Bonchev–Trinajstić information content (AvgIpc) is 2.86.